The van der Waals surface area contributed by atoms with Crippen LogP contribution in [0, 0.1) is 11.7 Å². The Morgan fingerprint density at radius 1 is 1.48 bits per heavy atom. The van der Waals surface area contributed by atoms with Gasteiger partial charge in [-0.25, -0.2) is 19.2 Å². The van der Waals surface area contributed by atoms with Gasteiger partial charge in [0.05, 0.1) is 12.4 Å². The van der Waals surface area contributed by atoms with Crippen molar-refractivity contribution in [2.24, 2.45) is 5.92 Å². The first kappa shape index (κ1) is 15.5. The first-order valence-electron chi connectivity index (χ1n) is 7.03. The van der Waals surface area contributed by atoms with Crippen molar-refractivity contribution in [2.45, 2.75) is 32.8 Å². The summed E-state index contributed by atoms with van der Waals surface area (Å²) in [6.45, 7) is 7.57. The Kier molecular flexibility index (Phi) is 4.59. The molecule has 7 heteroatoms. The number of halogens is 1. The minimum Gasteiger partial charge on any atom is -0.444 e. The van der Waals surface area contributed by atoms with Gasteiger partial charge in [-0.05, 0) is 33.1 Å². The van der Waals surface area contributed by atoms with Crippen molar-refractivity contribution in [3.8, 4) is 0 Å². The molecule has 0 aromatic carbocycles. The monoisotopic (exact) mass is 296 g/mol. The van der Waals surface area contributed by atoms with E-state index in [1.165, 1.54) is 0 Å². The lowest BCUT2D eigenvalue weighted by molar-refractivity contribution is 0.0520. The highest BCUT2D eigenvalue weighted by atomic mass is 19.1. The minimum absolute atomic E-state index is 0.311. The second-order valence-corrected chi connectivity index (χ2v) is 6.18. The quantitative estimate of drug-likeness (QED) is 0.923. The molecule has 21 heavy (non-hydrogen) atoms. The Morgan fingerprint density at radius 3 is 2.76 bits per heavy atom. The molecule has 0 bridgehead atoms. The number of rotatable bonds is 3. The van der Waals surface area contributed by atoms with E-state index in [0.717, 1.165) is 31.9 Å². The van der Waals surface area contributed by atoms with Crippen molar-refractivity contribution in [3.63, 3.8) is 0 Å². The van der Waals surface area contributed by atoms with Gasteiger partial charge in [0, 0.05) is 19.6 Å². The highest BCUT2D eigenvalue weighted by Crippen LogP contribution is 2.20. The van der Waals surface area contributed by atoms with E-state index in [1.807, 2.05) is 25.7 Å². The van der Waals surface area contributed by atoms with Gasteiger partial charge in [0.2, 0.25) is 5.95 Å². The van der Waals surface area contributed by atoms with Gasteiger partial charge in [0.1, 0.15) is 5.60 Å². The Labute approximate surface area is 123 Å². The van der Waals surface area contributed by atoms with Crippen LogP contribution in [0.25, 0.3) is 0 Å². The van der Waals surface area contributed by atoms with Gasteiger partial charge < -0.3 is 15.0 Å². The molecule has 1 aliphatic rings. The van der Waals surface area contributed by atoms with Crippen LogP contribution in [0.4, 0.5) is 15.1 Å². The summed E-state index contributed by atoms with van der Waals surface area (Å²) < 4.78 is 18.0. The first-order valence-corrected chi connectivity index (χ1v) is 7.03. The van der Waals surface area contributed by atoms with Crippen molar-refractivity contribution in [2.75, 3.05) is 24.5 Å². The zero-order valence-corrected chi connectivity index (χ0v) is 12.6. The van der Waals surface area contributed by atoms with E-state index >= 15 is 0 Å². The fourth-order valence-corrected chi connectivity index (χ4v) is 2.19. The molecule has 0 radical (unpaired) electrons. The molecule has 1 aromatic rings. The molecule has 0 unspecified atom stereocenters. The summed E-state index contributed by atoms with van der Waals surface area (Å²) >= 11 is 0. The van der Waals surface area contributed by atoms with Crippen molar-refractivity contribution in [3.05, 3.63) is 18.2 Å². The lowest BCUT2D eigenvalue weighted by atomic mass is 10.1. The van der Waals surface area contributed by atoms with Gasteiger partial charge in [0.15, 0.2) is 5.82 Å². The van der Waals surface area contributed by atoms with Gasteiger partial charge >= 0.3 is 6.09 Å². The predicted octanol–water partition coefficient (Wildman–Crippen LogP) is 1.97. The fourth-order valence-electron chi connectivity index (χ4n) is 2.19. The lowest BCUT2D eigenvalue weighted by Crippen LogP contribution is -2.36. The molecule has 1 fully saturated rings. The molecule has 1 saturated heterocycles. The highest BCUT2D eigenvalue weighted by molar-refractivity contribution is 5.67. The summed E-state index contributed by atoms with van der Waals surface area (Å²) in [5.41, 5.74) is -0.492. The Morgan fingerprint density at radius 2 is 2.14 bits per heavy atom. The van der Waals surface area contributed by atoms with Crippen LogP contribution in [0.5, 0.6) is 0 Å². The summed E-state index contributed by atoms with van der Waals surface area (Å²) in [6.07, 6.45) is 2.85. The third-order valence-electron chi connectivity index (χ3n) is 3.11. The molecule has 2 rings (SSSR count). The Bertz CT molecular complexity index is 487. The van der Waals surface area contributed by atoms with Crippen LogP contribution in [-0.2, 0) is 4.74 Å². The van der Waals surface area contributed by atoms with Crippen molar-refractivity contribution < 1.29 is 13.9 Å². The third kappa shape index (κ3) is 4.84. The lowest BCUT2D eigenvalue weighted by Gasteiger charge is -2.21. The van der Waals surface area contributed by atoms with Crippen molar-refractivity contribution in [1.82, 2.24) is 15.3 Å². The zero-order valence-electron chi connectivity index (χ0n) is 12.6. The predicted molar refractivity (Wildman–Crippen MR) is 76.5 cm³/mol. The van der Waals surface area contributed by atoms with E-state index in [0.29, 0.717) is 18.4 Å². The number of nitrogens with one attached hydrogen (secondary N) is 1. The smallest absolute Gasteiger partial charge is 0.407 e. The van der Waals surface area contributed by atoms with Gasteiger partial charge in [-0.2, -0.15) is 0 Å². The van der Waals surface area contributed by atoms with Crippen LogP contribution in [0.15, 0.2) is 12.4 Å². The number of hydrogen-bond acceptors (Lipinski definition) is 5. The molecule has 1 aliphatic heterocycles. The van der Waals surface area contributed by atoms with Gasteiger partial charge in [-0.15, -0.1) is 0 Å². The molecule has 0 spiro atoms. The van der Waals surface area contributed by atoms with E-state index < -0.39 is 17.5 Å². The van der Waals surface area contributed by atoms with Crippen LogP contribution < -0.4 is 10.2 Å². The number of ether oxygens (including phenoxy) is 1. The molecule has 1 aromatic heterocycles. The number of hydrogen-bond donors (Lipinski definition) is 1. The van der Waals surface area contributed by atoms with Gasteiger partial charge in [-0.3, -0.25) is 0 Å². The number of alkyl carbamates (subject to hydrolysis) is 1. The second-order valence-electron chi connectivity index (χ2n) is 6.18. The first-order chi connectivity index (χ1) is 9.83. The average Bonchev–Trinajstić information content (AvgIpc) is 2.84. The van der Waals surface area contributed by atoms with E-state index in [-0.39, 0.29) is 0 Å². The number of carbonyl (C=O) groups is 1. The van der Waals surface area contributed by atoms with Crippen LogP contribution >= 0.6 is 0 Å². The molecular formula is C14H21FN4O2. The van der Waals surface area contributed by atoms with E-state index in [1.54, 1.807) is 0 Å². The SMILES string of the molecule is CC(C)(C)OC(=O)NC[C@H]1CCN(c2ncc(F)cn2)C1. The topological polar surface area (TPSA) is 67.3 Å². The van der Waals surface area contributed by atoms with Gasteiger partial charge in [0.25, 0.3) is 0 Å². The number of aromatic nitrogens is 2. The average molecular weight is 296 g/mol. The molecule has 1 atom stereocenters. The molecule has 0 aliphatic carbocycles. The van der Waals surface area contributed by atoms with Crippen LogP contribution in [0.3, 0.4) is 0 Å². The van der Waals surface area contributed by atoms with E-state index in [9.17, 15) is 9.18 Å². The number of anilines is 1. The summed E-state index contributed by atoms with van der Waals surface area (Å²) in [5, 5.41) is 2.77. The van der Waals surface area contributed by atoms with Crippen LogP contribution in [-0.4, -0.2) is 41.3 Å². The fraction of sp³-hybridized carbons (Fsp3) is 0.643. The zero-order chi connectivity index (χ0) is 15.5. The van der Waals surface area contributed by atoms with Crippen molar-refractivity contribution >= 4 is 12.0 Å². The van der Waals surface area contributed by atoms with Gasteiger partial charge in [-0.1, -0.05) is 0 Å². The number of nitrogens with zero attached hydrogens (tertiary/aromatic N) is 3. The minimum atomic E-state index is -0.492. The largest absolute Gasteiger partial charge is 0.444 e. The molecule has 2 heterocycles. The van der Waals surface area contributed by atoms with Crippen molar-refractivity contribution in [1.29, 1.82) is 0 Å². The molecular weight excluding hydrogens is 275 g/mol. The standard InChI is InChI=1S/C14H21FN4O2/c1-14(2,3)21-13(20)18-6-10-4-5-19(9-10)12-16-7-11(15)8-17-12/h7-8,10H,4-6,9H2,1-3H3,(H,18,20)/t10-/m1/s1. The summed E-state index contributed by atoms with van der Waals surface area (Å²) in [7, 11) is 0. The maximum Gasteiger partial charge on any atom is 0.407 e. The summed E-state index contributed by atoms with van der Waals surface area (Å²) in [4.78, 5) is 21.5. The Balaban J connectivity index is 1.78. The van der Waals surface area contributed by atoms with Crippen LogP contribution in [0.2, 0.25) is 0 Å². The highest BCUT2D eigenvalue weighted by Gasteiger charge is 2.25. The second kappa shape index (κ2) is 6.24. The molecule has 1 amide bonds. The van der Waals surface area contributed by atoms with E-state index in [4.69, 9.17) is 4.74 Å². The maximum atomic E-state index is 12.8. The van der Waals surface area contributed by atoms with E-state index in [2.05, 4.69) is 15.3 Å². The molecule has 6 nitrogen and oxygen atoms in total. The number of amides is 1. The van der Waals surface area contributed by atoms with Crippen LogP contribution in [0.1, 0.15) is 27.2 Å². The maximum absolute atomic E-state index is 12.8. The molecule has 1 N–H and O–H groups in total. The number of carbonyl (C=O) groups excluding carboxylic acids is 1. The summed E-state index contributed by atoms with van der Waals surface area (Å²) in [6, 6.07) is 0. The summed E-state index contributed by atoms with van der Waals surface area (Å²) in [5.74, 6) is 0.392. The Hall–Kier alpha value is -1.92. The molecule has 0 saturated carbocycles. The molecule has 116 valence electrons. The normalized spacial score (nSPS) is 18.7. The third-order valence-corrected chi connectivity index (χ3v) is 3.11.